The summed E-state index contributed by atoms with van der Waals surface area (Å²) >= 11 is -4.26. The third kappa shape index (κ3) is 3.94. The molecule has 6 rings (SSSR count). The van der Waals surface area contributed by atoms with E-state index in [1.807, 2.05) is 0 Å². The Bertz CT molecular complexity index is 1670. The second kappa shape index (κ2) is 9.53. The van der Waals surface area contributed by atoms with E-state index in [9.17, 15) is 0 Å². The summed E-state index contributed by atoms with van der Waals surface area (Å²) < 4.78 is 9.12. The van der Waals surface area contributed by atoms with E-state index in [4.69, 9.17) is 0 Å². The van der Waals surface area contributed by atoms with Crippen molar-refractivity contribution in [3.05, 3.63) is 146 Å². The number of nitrogens with zero attached hydrogens (tertiary/aromatic N) is 1. The molecule has 0 aromatic heterocycles. The fourth-order valence-corrected chi connectivity index (χ4v) is 24.7. The van der Waals surface area contributed by atoms with Gasteiger partial charge in [-0.25, -0.2) is 0 Å². The molecule has 2 heteroatoms. The van der Waals surface area contributed by atoms with Gasteiger partial charge in [-0.15, -0.1) is 0 Å². The van der Waals surface area contributed by atoms with Crippen LogP contribution in [0, 0.1) is 0 Å². The van der Waals surface area contributed by atoms with Crippen LogP contribution in [0.2, 0.25) is 9.26 Å². The maximum absolute atomic E-state index is 4.26. The zero-order chi connectivity index (χ0) is 27.4. The molecule has 0 amide bonds. The van der Waals surface area contributed by atoms with Crippen LogP contribution in [0.5, 0.6) is 0 Å². The van der Waals surface area contributed by atoms with Crippen LogP contribution in [0.15, 0.2) is 124 Å². The summed E-state index contributed by atoms with van der Waals surface area (Å²) in [6.07, 6.45) is 3.66. The number of benzene rings is 4. The van der Waals surface area contributed by atoms with Gasteiger partial charge in [-0.1, -0.05) is 0 Å². The van der Waals surface area contributed by atoms with E-state index in [1.165, 1.54) is 50.2 Å². The zero-order valence-electron chi connectivity index (χ0n) is 24.1. The average Bonchev–Trinajstić information content (AvgIpc) is 3.48. The van der Waals surface area contributed by atoms with Crippen molar-refractivity contribution in [2.24, 2.45) is 0 Å². The Kier molecular flexibility index (Phi) is 6.39. The topological polar surface area (TPSA) is 3.24 Å². The third-order valence-corrected chi connectivity index (χ3v) is 26.3. The van der Waals surface area contributed by atoms with Crippen LogP contribution < -0.4 is 4.90 Å². The van der Waals surface area contributed by atoms with Crippen molar-refractivity contribution in [2.45, 2.75) is 33.2 Å². The van der Waals surface area contributed by atoms with Gasteiger partial charge in [0.1, 0.15) is 0 Å². The van der Waals surface area contributed by atoms with Gasteiger partial charge in [0.05, 0.1) is 0 Å². The van der Waals surface area contributed by atoms with Gasteiger partial charge in [-0.05, 0) is 0 Å². The van der Waals surface area contributed by atoms with E-state index >= 15 is 0 Å². The summed E-state index contributed by atoms with van der Waals surface area (Å²) in [5, 5.41) is 0. The first-order chi connectivity index (χ1) is 18.7. The molecule has 0 N–H and O–H groups in total. The Labute approximate surface area is 235 Å². The second-order valence-corrected chi connectivity index (χ2v) is 29.0. The normalized spacial score (nSPS) is 16.6. The average molecular weight is 589 g/mol. The number of hydrogen-bond acceptors (Lipinski definition) is 1. The molecular weight excluding hydrogens is 550 g/mol. The summed E-state index contributed by atoms with van der Waals surface area (Å²) in [7, 11) is 4.36. The molecule has 0 heterocycles. The minimum absolute atomic E-state index is 0.345. The molecule has 1 atom stereocenters. The summed E-state index contributed by atoms with van der Waals surface area (Å²) in [6.45, 7) is 4.64. The van der Waals surface area contributed by atoms with Crippen LogP contribution in [-0.2, 0) is 18.3 Å². The molecule has 0 saturated heterocycles. The minimum atomic E-state index is -4.26. The van der Waals surface area contributed by atoms with Crippen LogP contribution in [0.3, 0.4) is 0 Å². The molecule has 4 aromatic rings. The van der Waals surface area contributed by atoms with E-state index in [2.05, 4.69) is 151 Å². The molecule has 2 aliphatic carbocycles. The van der Waals surface area contributed by atoms with Crippen molar-refractivity contribution >= 4 is 8.89 Å². The Balaban J connectivity index is 1.85. The first-order valence-corrected chi connectivity index (χ1v) is 23.0. The SMILES string of the molecule is CC1=C(C)C[C]([Zr]([CH3])([CH3])(=[C](c2ccccc2)c2ccccc2)[CH]2c3ccccc3-c3c2cccc3N(C)C)=C1. The van der Waals surface area contributed by atoms with Gasteiger partial charge in [0.25, 0.3) is 0 Å². The first kappa shape index (κ1) is 26.2. The van der Waals surface area contributed by atoms with E-state index in [0.717, 1.165) is 6.42 Å². The van der Waals surface area contributed by atoms with E-state index < -0.39 is 18.3 Å². The van der Waals surface area contributed by atoms with Crippen molar-refractivity contribution in [1.82, 2.24) is 0 Å². The standard InChI is InChI=1S/C15H14N.C13H10.C7H9.2CH3.Zr/c1-16(2)14-9-5-7-12-10-11-6-3-4-8-13(11)15(12)14;1-3-7-12(8-4-1)11-13-9-5-2-6-10-13;1-6-4-3-5-7(6)2;;;/h3-10H,1-2H3;1-10H;4H,5H2,1-2H3;2*1H3;. The van der Waals surface area contributed by atoms with Gasteiger partial charge >= 0.3 is 236 Å². The summed E-state index contributed by atoms with van der Waals surface area (Å²) in [5.74, 6) is 0. The molecule has 0 aliphatic heterocycles. The quantitative estimate of drug-likeness (QED) is 0.224. The Hall–Kier alpha value is -3.09. The van der Waals surface area contributed by atoms with Crippen molar-refractivity contribution < 1.29 is 18.3 Å². The molecule has 1 unspecified atom stereocenters. The van der Waals surface area contributed by atoms with E-state index in [-0.39, 0.29) is 0 Å². The fourth-order valence-electron chi connectivity index (χ4n) is 7.65. The van der Waals surface area contributed by atoms with Crippen molar-refractivity contribution in [1.29, 1.82) is 0 Å². The van der Waals surface area contributed by atoms with Crippen LogP contribution in [0.25, 0.3) is 11.1 Å². The maximum atomic E-state index is 2.74. The molecule has 0 bridgehead atoms. The van der Waals surface area contributed by atoms with Crippen molar-refractivity contribution in [3.8, 4) is 11.1 Å². The molecule has 0 radical (unpaired) electrons. The number of anilines is 1. The van der Waals surface area contributed by atoms with E-state index in [0.29, 0.717) is 3.63 Å². The Morgan fingerprint density at radius 2 is 1.26 bits per heavy atom. The monoisotopic (exact) mass is 587 g/mol. The molecule has 0 saturated carbocycles. The predicted molar refractivity (Wildman–Crippen MR) is 167 cm³/mol. The van der Waals surface area contributed by atoms with Gasteiger partial charge in [0.2, 0.25) is 0 Å². The van der Waals surface area contributed by atoms with Gasteiger partial charge in [-0.3, -0.25) is 0 Å². The van der Waals surface area contributed by atoms with Crippen LogP contribution in [0.1, 0.15) is 46.1 Å². The van der Waals surface area contributed by atoms with Gasteiger partial charge in [0.15, 0.2) is 0 Å². The Morgan fingerprint density at radius 3 is 1.82 bits per heavy atom. The summed E-state index contributed by atoms with van der Waals surface area (Å²) in [6, 6.07) is 38.8. The van der Waals surface area contributed by atoms with Gasteiger partial charge in [0, 0.05) is 0 Å². The predicted octanol–water partition coefficient (Wildman–Crippen LogP) is 9.50. The molecule has 2 aliphatic rings. The van der Waals surface area contributed by atoms with E-state index in [1.54, 1.807) is 6.49 Å². The second-order valence-electron chi connectivity index (χ2n) is 12.6. The van der Waals surface area contributed by atoms with Crippen LogP contribution >= 0.6 is 0 Å². The third-order valence-electron chi connectivity index (χ3n) is 9.68. The van der Waals surface area contributed by atoms with Crippen molar-refractivity contribution in [3.63, 3.8) is 0 Å². The van der Waals surface area contributed by atoms with Crippen LogP contribution in [-0.4, -0.2) is 17.3 Å². The zero-order valence-corrected chi connectivity index (χ0v) is 26.6. The fraction of sp³-hybridized carbons (Fsp3) is 0.216. The molecule has 0 fully saturated rings. The number of hydrogen-bond donors (Lipinski definition) is 0. The first-order valence-electron chi connectivity index (χ1n) is 14.2. The molecule has 1 nitrogen and oxygen atoms in total. The van der Waals surface area contributed by atoms with Gasteiger partial charge < -0.3 is 0 Å². The summed E-state index contributed by atoms with van der Waals surface area (Å²) in [5.41, 5.74) is 12.9. The van der Waals surface area contributed by atoms with Crippen molar-refractivity contribution in [2.75, 3.05) is 19.0 Å². The molecule has 0 spiro atoms. The number of allylic oxidation sites excluding steroid dienone is 4. The van der Waals surface area contributed by atoms with Gasteiger partial charge in [-0.2, -0.15) is 0 Å². The molecule has 4 aromatic carbocycles. The van der Waals surface area contributed by atoms with Crippen LogP contribution in [0.4, 0.5) is 5.69 Å². The number of fused-ring (bicyclic) bond motifs is 3. The Morgan fingerprint density at radius 1 is 0.692 bits per heavy atom. The molecule has 196 valence electrons. The molecular formula is C37H39NZr. The molecule has 39 heavy (non-hydrogen) atoms. The number of rotatable bonds is 5. The summed E-state index contributed by atoms with van der Waals surface area (Å²) in [4.78, 5) is 2.29.